The zero-order valence-corrected chi connectivity index (χ0v) is 13.7. The normalized spacial score (nSPS) is 10.2. The molecule has 2 aromatic rings. The number of halogens is 1. The second kappa shape index (κ2) is 7.27. The van der Waals surface area contributed by atoms with Crippen LogP contribution < -0.4 is 10.1 Å². The Kier molecular flexibility index (Phi) is 5.39. The van der Waals surface area contributed by atoms with Gasteiger partial charge in [0.15, 0.2) is 0 Å². The first-order valence-corrected chi connectivity index (χ1v) is 7.65. The third-order valence-corrected chi connectivity index (χ3v) is 3.55. The van der Waals surface area contributed by atoms with Gasteiger partial charge < -0.3 is 10.1 Å². The van der Waals surface area contributed by atoms with Crippen molar-refractivity contribution in [1.29, 1.82) is 0 Å². The van der Waals surface area contributed by atoms with E-state index >= 15 is 0 Å². The van der Waals surface area contributed by atoms with Gasteiger partial charge in [-0.05, 0) is 55.3 Å². The van der Waals surface area contributed by atoms with E-state index in [9.17, 15) is 4.79 Å². The Hall–Kier alpha value is -1.81. The average molecular weight is 348 g/mol. The fourth-order valence-corrected chi connectivity index (χ4v) is 2.49. The van der Waals surface area contributed by atoms with E-state index in [0.29, 0.717) is 13.0 Å². The highest BCUT2D eigenvalue weighted by atomic mass is 79.9. The van der Waals surface area contributed by atoms with Gasteiger partial charge in [0.05, 0.1) is 13.0 Å². The van der Waals surface area contributed by atoms with Gasteiger partial charge in [0, 0.05) is 10.2 Å². The second-order valence-electron chi connectivity index (χ2n) is 4.76. The highest BCUT2D eigenvalue weighted by Crippen LogP contribution is 2.20. The topological polar surface area (TPSA) is 38.3 Å². The van der Waals surface area contributed by atoms with Crippen LogP contribution in [-0.2, 0) is 11.2 Å². The van der Waals surface area contributed by atoms with Crippen molar-refractivity contribution in [2.24, 2.45) is 0 Å². The van der Waals surface area contributed by atoms with Crippen molar-refractivity contribution >= 4 is 27.5 Å². The van der Waals surface area contributed by atoms with E-state index < -0.39 is 0 Å². The Morgan fingerprint density at radius 3 is 2.52 bits per heavy atom. The van der Waals surface area contributed by atoms with Crippen LogP contribution >= 0.6 is 15.9 Å². The SMILES string of the molecule is CCOc1ccc(CC(=O)Nc2ccc(Br)cc2C)cc1. The molecule has 0 unspecified atom stereocenters. The van der Waals surface area contributed by atoms with E-state index in [0.717, 1.165) is 27.0 Å². The van der Waals surface area contributed by atoms with Crippen molar-refractivity contribution in [3.63, 3.8) is 0 Å². The molecule has 0 spiro atoms. The summed E-state index contributed by atoms with van der Waals surface area (Å²) in [6, 6.07) is 13.4. The van der Waals surface area contributed by atoms with Crippen molar-refractivity contribution in [2.75, 3.05) is 11.9 Å². The molecular formula is C17H18BrNO2. The first kappa shape index (κ1) is 15.6. The fourth-order valence-electron chi connectivity index (χ4n) is 2.02. The molecule has 2 rings (SSSR count). The lowest BCUT2D eigenvalue weighted by molar-refractivity contribution is -0.115. The third kappa shape index (κ3) is 4.60. The Morgan fingerprint density at radius 1 is 1.19 bits per heavy atom. The summed E-state index contributed by atoms with van der Waals surface area (Å²) in [6.45, 7) is 4.56. The van der Waals surface area contributed by atoms with E-state index in [1.165, 1.54) is 0 Å². The summed E-state index contributed by atoms with van der Waals surface area (Å²) in [5, 5.41) is 2.93. The summed E-state index contributed by atoms with van der Waals surface area (Å²) < 4.78 is 6.39. The molecule has 0 saturated carbocycles. The Morgan fingerprint density at radius 2 is 1.90 bits per heavy atom. The second-order valence-corrected chi connectivity index (χ2v) is 5.68. The summed E-state index contributed by atoms with van der Waals surface area (Å²) in [5.74, 6) is 0.801. The molecule has 110 valence electrons. The van der Waals surface area contributed by atoms with Gasteiger partial charge in [0.1, 0.15) is 5.75 Å². The number of nitrogens with one attached hydrogen (secondary N) is 1. The lowest BCUT2D eigenvalue weighted by Gasteiger charge is -2.09. The number of carbonyl (C=O) groups is 1. The molecule has 0 aliphatic carbocycles. The average Bonchev–Trinajstić information content (AvgIpc) is 2.44. The number of carbonyl (C=O) groups excluding carboxylic acids is 1. The quantitative estimate of drug-likeness (QED) is 0.873. The van der Waals surface area contributed by atoms with Gasteiger partial charge in [-0.3, -0.25) is 4.79 Å². The molecule has 0 radical (unpaired) electrons. The van der Waals surface area contributed by atoms with Gasteiger partial charge in [-0.15, -0.1) is 0 Å². The minimum Gasteiger partial charge on any atom is -0.494 e. The Balaban J connectivity index is 1.98. The minimum absolute atomic E-state index is 0.0235. The van der Waals surface area contributed by atoms with Gasteiger partial charge in [-0.2, -0.15) is 0 Å². The zero-order chi connectivity index (χ0) is 15.2. The summed E-state index contributed by atoms with van der Waals surface area (Å²) in [5.41, 5.74) is 2.84. The van der Waals surface area contributed by atoms with Gasteiger partial charge in [-0.1, -0.05) is 28.1 Å². The summed E-state index contributed by atoms with van der Waals surface area (Å²) >= 11 is 3.41. The van der Waals surface area contributed by atoms with Crippen LogP contribution in [0.2, 0.25) is 0 Å². The maximum absolute atomic E-state index is 12.1. The number of hydrogen-bond acceptors (Lipinski definition) is 2. The standard InChI is InChI=1S/C17H18BrNO2/c1-3-21-15-7-4-13(5-8-15)11-17(20)19-16-9-6-14(18)10-12(16)2/h4-10H,3,11H2,1-2H3,(H,19,20). The van der Waals surface area contributed by atoms with Gasteiger partial charge >= 0.3 is 0 Å². The Bertz CT molecular complexity index is 623. The fraction of sp³-hybridized carbons (Fsp3) is 0.235. The van der Waals surface area contributed by atoms with Crippen LogP contribution in [0.1, 0.15) is 18.1 Å². The number of rotatable bonds is 5. The van der Waals surface area contributed by atoms with E-state index in [-0.39, 0.29) is 5.91 Å². The lowest BCUT2D eigenvalue weighted by Crippen LogP contribution is -2.15. The van der Waals surface area contributed by atoms with Crippen molar-refractivity contribution in [3.8, 4) is 5.75 Å². The summed E-state index contributed by atoms with van der Waals surface area (Å²) in [6.07, 6.45) is 0.349. The molecule has 0 saturated heterocycles. The number of ether oxygens (including phenoxy) is 1. The van der Waals surface area contributed by atoms with Crippen LogP contribution in [-0.4, -0.2) is 12.5 Å². The van der Waals surface area contributed by atoms with Crippen LogP contribution in [0.3, 0.4) is 0 Å². The van der Waals surface area contributed by atoms with Crippen molar-refractivity contribution in [2.45, 2.75) is 20.3 Å². The van der Waals surface area contributed by atoms with E-state index in [1.54, 1.807) is 0 Å². The molecule has 4 heteroatoms. The molecular weight excluding hydrogens is 330 g/mol. The first-order valence-electron chi connectivity index (χ1n) is 6.86. The van der Waals surface area contributed by atoms with E-state index in [2.05, 4.69) is 21.2 Å². The molecule has 2 aromatic carbocycles. The lowest BCUT2D eigenvalue weighted by atomic mass is 10.1. The largest absolute Gasteiger partial charge is 0.494 e. The van der Waals surface area contributed by atoms with Crippen molar-refractivity contribution < 1.29 is 9.53 Å². The zero-order valence-electron chi connectivity index (χ0n) is 12.2. The number of anilines is 1. The smallest absolute Gasteiger partial charge is 0.228 e. The first-order chi connectivity index (χ1) is 10.1. The van der Waals surface area contributed by atoms with Crippen molar-refractivity contribution in [3.05, 3.63) is 58.1 Å². The molecule has 0 aliphatic heterocycles. The molecule has 1 amide bonds. The van der Waals surface area contributed by atoms with Gasteiger partial charge in [-0.25, -0.2) is 0 Å². The maximum Gasteiger partial charge on any atom is 0.228 e. The molecule has 0 aliphatic rings. The Labute approximate surface area is 133 Å². The van der Waals surface area contributed by atoms with Crippen LogP contribution in [0.25, 0.3) is 0 Å². The molecule has 0 fully saturated rings. The molecule has 0 heterocycles. The highest BCUT2D eigenvalue weighted by Gasteiger charge is 2.06. The number of benzene rings is 2. The van der Waals surface area contributed by atoms with Crippen LogP contribution in [0.5, 0.6) is 5.75 Å². The van der Waals surface area contributed by atoms with Gasteiger partial charge in [0.2, 0.25) is 5.91 Å². The molecule has 3 nitrogen and oxygen atoms in total. The van der Waals surface area contributed by atoms with Crippen LogP contribution in [0, 0.1) is 6.92 Å². The molecule has 0 atom stereocenters. The van der Waals surface area contributed by atoms with E-state index in [1.807, 2.05) is 56.3 Å². The minimum atomic E-state index is -0.0235. The summed E-state index contributed by atoms with van der Waals surface area (Å²) in [4.78, 5) is 12.1. The van der Waals surface area contributed by atoms with E-state index in [4.69, 9.17) is 4.74 Å². The monoisotopic (exact) mass is 347 g/mol. The van der Waals surface area contributed by atoms with Crippen molar-refractivity contribution in [1.82, 2.24) is 0 Å². The maximum atomic E-state index is 12.1. The number of aryl methyl sites for hydroxylation is 1. The number of hydrogen-bond donors (Lipinski definition) is 1. The van der Waals surface area contributed by atoms with Gasteiger partial charge in [0.25, 0.3) is 0 Å². The van der Waals surface area contributed by atoms with Crippen LogP contribution in [0.4, 0.5) is 5.69 Å². The number of amides is 1. The molecule has 0 aromatic heterocycles. The summed E-state index contributed by atoms with van der Waals surface area (Å²) in [7, 11) is 0. The molecule has 1 N–H and O–H groups in total. The molecule has 0 bridgehead atoms. The third-order valence-electron chi connectivity index (χ3n) is 3.06. The molecule has 21 heavy (non-hydrogen) atoms. The highest BCUT2D eigenvalue weighted by molar-refractivity contribution is 9.10. The van der Waals surface area contributed by atoms with Crippen LogP contribution in [0.15, 0.2) is 46.9 Å². The predicted molar refractivity (Wildman–Crippen MR) is 88.8 cm³/mol. The predicted octanol–water partition coefficient (Wildman–Crippen LogP) is 4.34.